The molecule has 3 rings (SSSR count). The van der Waals surface area contributed by atoms with Gasteiger partial charge in [-0.15, -0.1) is 12.4 Å². The van der Waals surface area contributed by atoms with Crippen molar-refractivity contribution in [2.24, 2.45) is 0 Å². The first-order valence-corrected chi connectivity index (χ1v) is 11.9. The van der Waals surface area contributed by atoms with Crippen molar-refractivity contribution >= 4 is 30.1 Å². The minimum atomic E-state index is -1.20. The van der Waals surface area contributed by atoms with E-state index in [2.05, 4.69) is 5.32 Å². The van der Waals surface area contributed by atoms with E-state index in [-0.39, 0.29) is 34.9 Å². The van der Waals surface area contributed by atoms with E-state index < -0.39 is 11.7 Å². The third kappa shape index (κ3) is 6.04. The zero-order valence-corrected chi connectivity index (χ0v) is 22.3. The smallest absolute Gasteiger partial charge is 0.315 e. The van der Waals surface area contributed by atoms with Crippen molar-refractivity contribution in [1.82, 2.24) is 14.7 Å². The highest BCUT2D eigenvalue weighted by Crippen LogP contribution is 2.45. The Kier molecular flexibility index (Phi) is 9.11. The molecule has 2 N–H and O–H groups in total. The van der Waals surface area contributed by atoms with E-state index in [9.17, 15) is 19.8 Å². The van der Waals surface area contributed by atoms with Gasteiger partial charge in [0.1, 0.15) is 11.8 Å². The molecule has 0 fully saturated rings. The molecular formula is C27H38ClN3O4. The van der Waals surface area contributed by atoms with Gasteiger partial charge in [0.2, 0.25) is 0 Å². The van der Waals surface area contributed by atoms with Crippen LogP contribution in [0.2, 0.25) is 0 Å². The molecule has 2 aromatic rings. The number of benzene rings is 2. The molecular weight excluding hydrogens is 466 g/mol. The average molecular weight is 504 g/mol. The van der Waals surface area contributed by atoms with Gasteiger partial charge in [0.05, 0.1) is 31.7 Å². The van der Waals surface area contributed by atoms with Crippen LogP contribution in [0.5, 0.6) is 0 Å². The fourth-order valence-corrected chi connectivity index (χ4v) is 4.90. The lowest BCUT2D eigenvalue weighted by Gasteiger charge is -2.47. The number of rotatable bonds is 7. The van der Waals surface area contributed by atoms with E-state index in [1.807, 2.05) is 63.4 Å². The first kappa shape index (κ1) is 28.8. The lowest BCUT2D eigenvalue weighted by atomic mass is 9.86. The van der Waals surface area contributed by atoms with E-state index in [1.165, 1.54) is 4.90 Å². The first-order chi connectivity index (χ1) is 15.9. The molecule has 35 heavy (non-hydrogen) atoms. The van der Waals surface area contributed by atoms with Crippen molar-refractivity contribution in [3.05, 3.63) is 53.6 Å². The average Bonchev–Trinajstić information content (AvgIpc) is 2.76. The van der Waals surface area contributed by atoms with Gasteiger partial charge in [-0.2, -0.15) is 0 Å². The predicted molar refractivity (Wildman–Crippen MR) is 140 cm³/mol. The van der Waals surface area contributed by atoms with Crippen molar-refractivity contribution < 1.29 is 19.8 Å². The van der Waals surface area contributed by atoms with Crippen LogP contribution in [0.1, 0.15) is 58.2 Å². The third-order valence-electron chi connectivity index (χ3n) is 7.11. The fourth-order valence-electron chi connectivity index (χ4n) is 4.90. The van der Waals surface area contributed by atoms with Crippen molar-refractivity contribution in [1.29, 1.82) is 0 Å². The van der Waals surface area contributed by atoms with Gasteiger partial charge < -0.3 is 25.2 Å². The number of halogens is 1. The first-order valence-electron chi connectivity index (χ1n) is 11.9. The summed E-state index contributed by atoms with van der Waals surface area (Å²) in [4.78, 5) is 26.0. The van der Waals surface area contributed by atoms with Crippen molar-refractivity contribution in [2.75, 3.05) is 20.1 Å². The van der Waals surface area contributed by atoms with E-state index in [1.54, 1.807) is 20.8 Å². The van der Waals surface area contributed by atoms with Crippen LogP contribution in [0, 0.1) is 0 Å². The zero-order chi connectivity index (χ0) is 25.3. The maximum Gasteiger partial charge on any atom is 0.315 e. The minimum Gasteiger partial charge on any atom is -0.530 e. The second kappa shape index (κ2) is 11.1. The Balaban J connectivity index is 0.00000432. The highest BCUT2D eigenvalue weighted by atomic mass is 35.5. The number of carboxylic acid groups (broad SMARTS) is 1. The highest BCUT2D eigenvalue weighted by Gasteiger charge is 2.47. The molecule has 1 heterocycles. The Morgan fingerprint density at radius 1 is 1.17 bits per heavy atom. The Morgan fingerprint density at radius 3 is 2.29 bits per heavy atom. The van der Waals surface area contributed by atoms with Crippen LogP contribution in [0.3, 0.4) is 0 Å². The predicted octanol–water partition coefficient (Wildman–Crippen LogP) is 3.62. The molecule has 0 saturated carbocycles. The van der Waals surface area contributed by atoms with E-state index in [4.69, 9.17) is 0 Å². The number of carbonyl (C=O) groups is 2. The number of nitrogens with zero attached hydrogens (tertiary/aromatic N) is 2. The summed E-state index contributed by atoms with van der Waals surface area (Å²) >= 11 is 0. The van der Waals surface area contributed by atoms with Crippen LogP contribution in [0.15, 0.2) is 42.5 Å². The van der Waals surface area contributed by atoms with Gasteiger partial charge in [-0.3, -0.25) is 0 Å². The van der Waals surface area contributed by atoms with Crippen molar-refractivity contribution in [3.8, 4) is 11.1 Å². The number of quaternary nitrogens is 1. The molecule has 8 heteroatoms. The summed E-state index contributed by atoms with van der Waals surface area (Å²) in [6.07, 6.45) is -0.655. The molecule has 1 aliphatic heterocycles. The topological polar surface area (TPSA) is 92.7 Å². The molecule has 2 amide bonds. The summed E-state index contributed by atoms with van der Waals surface area (Å²) in [6, 6.07) is 13.7. The van der Waals surface area contributed by atoms with E-state index >= 15 is 0 Å². The summed E-state index contributed by atoms with van der Waals surface area (Å²) < 4.78 is 0.141. The molecule has 0 bridgehead atoms. The third-order valence-corrected chi connectivity index (χ3v) is 7.11. The van der Waals surface area contributed by atoms with Gasteiger partial charge in [0.25, 0.3) is 0 Å². The summed E-state index contributed by atoms with van der Waals surface area (Å²) in [6.45, 7) is 10.4. The lowest BCUT2D eigenvalue weighted by molar-refractivity contribution is -0.268. The summed E-state index contributed by atoms with van der Waals surface area (Å²) in [5.74, 6) is 0.0272. The second-order valence-electron chi connectivity index (χ2n) is 10.1. The van der Waals surface area contributed by atoms with Gasteiger partial charge in [-0.1, -0.05) is 24.3 Å². The summed E-state index contributed by atoms with van der Waals surface area (Å²) in [5, 5.41) is 25.0. The monoisotopic (exact) mass is 503 g/mol. The standard InChI is InChI=1S/C27H37N3O4.ClH/c1-7-29(26(32)33)24-14-18(2)30(6,19(3)31)25-13-12-22(15-23(24)25)21-10-8-20(9-11-21)16-28-17-27(4,5)34;/h8-13,15,18,24,28,34H,7,14,16-17H2,1-6H3;1H/t18-,24?,30+;/m0./s1. The number of aliphatic hydroxyl groups is 1. The van der Waals surface area contributed by atoms with Crippen molar-refractivity contribution in [2.45, 2.75) is 65.3 Å². The highest BCUT2D eigenvalue weighted by molar-refractivity contribution is 5.89. The molecule has 2 aromatic carbocycles. The normalized spacial score (nSPS) is 21.6. The van der Waals surface area contributed by atoms with Crippen LogP contribution in [0.25, 0.3) is 11.1 Å². The molecule has 1 unspecified atom stereocenters. The molecule has 0 aromatic heterocycles. The van der Waals surface area contributed by atoms with Crippen LogP contribution < -0.4 is 14.9 Å². The van der Waals surface area contributed by atoms with Gasteiger partial charge >= 0.3 is 5.91 Å². The maximum absolute atomic E-state index is 12.7. The molecule has 7 nitrogen and oxygen atoms in total. The van der Waals surface area contributed by atoms with Gasteiger partial charge in [-0.25, -0.2) is 9.28 Å². The molecule has 0 saturated heterocycles. The number of fused-ring (bicyclic) bond motifs is 1. The number of hydrogen-bond donors (Lipinski definition) is 2. The lowest BCUT2D eigenvalue weighted by Crippen LogP contribution is -2.60. The largest absolute Gasteiger partial charge is 0.530 e. The second-order valence-corrected chi connectivity index (χ2v) is 10.1. The summed E-state index contributed by atoms with van der Waals surface area (Å²) in [5.41, 5.74) is 4.02. The Labute approximate surface area is 214 Å². The Morgan fingerprint density at radius 2 is 1.77 bits per heavy atom. The van der Waals surface area contributed by atoms with Gasteiger partial charge in [-0.05, 0) is 56.5 Å². The minimum absolute atomic E-state index is 0. The Hall–Kier alpha value is -2.45. The number of amides is 2. The van der Waals surface area contributed by atoms with Crippen LogP contribution in [-0.2, 0) is 11.3 Å². The van der Waals surface area contributed by atoms with Crippen LogP contribution in [-0.4, -0.2) is 53.8 Å². The maximum atomic E-state index is 12.7. The fraction of sp³-hybridized carbons (Fsp3) is 0.481. The van der Waals surface area contributed by atoms with E-state index in [0.717, 1.165) is 27.9 Å². The SMILES string of the molecule is CCN(C(=O)[O-])C1C[C@H](C)[N@+](C)(C(C)=O)c2ccc(-c3ccc(CNCC(C)(C)O)cc3)cc21.Cl. The molecule has 0 aliphatic carbocycles. The number of carbonyl (C=O) groups excluding carboxylic acids is 2. The molecule has 3 atom stereocenters. The molecule has 1 aliphatic rings. The van der Waals surface area contributed by atoms with Gasteiger partial charge in [0.15, 0.2) is 0 Å². The number of hydrogen-bond acceptors (Lipinski definition) is 5. The van der Waals surface area contributed by atoms with Crippen molar-refractivity contribution in [3.63, 3.8) is 0 Å². The molecule has 192 valence electrons. The molecule has 0 radical (unpaired) electrons. The zero-order valence-electron chi connectivity index (χ0n) is 21.5. The quantitative estimate of drug-likeness (QED) is 0.563. The summed E-state index contributed by atoms with van der Waals surface area (Å²) in [7, 11) is 1.91. The van der Waals surface area contributed by atoms with Gasteiger partial charge in [0, 0.05) is 37.7 Å². The van der Waals surface area contributed by atoms with E-state index in [0.29, 0.717) is 26.1 Å². The number of nitrogens with one attached hydrogen (secondary N) is 1. The Bertz CT molecular complexity index is 1050. The molecule has 0 spiro atoms. The van der Waals surface area contributed by atoms with Crippen LogP contribution in [0.4, 0.5) is 10.5 Å². The van der Waals surface area contributed by atoms with Crippen LogP contribution >= 0.6 is 12.4 Å².